The van der Waals surface area contributed by atoms with Gasteiger partial charge in [0.15, 0.2) is 5.90 Å². The van der Waals surface area contributed by atoms with Gasteiger partial charge in [-0.15, -0.1) is 0 Å². The third-order valence-corrected chi connectivity index (χ3v) is 6.24. The Labute approximate surface area is 210 Å². The van der Waals surface area contributed by atoms with Gasteiger partial charge in [0.2, 0.25) is 0 Å². The quantitative estimate of drug-likeness (QED) is 0.416. The highest BCUT2D eigenvalue weighted by molar-refractivity contribution is 5.98. The zero-order valence-corrected chi connectivity index (χ0v) is 20.1. The van der Waals surface area contributed by atoms with E-state index < -0.39 is 30.0 Å². The van der Waals surface area contributed by atoms with Crippen molar-refractivity contribution in [2.24, 2.45) is 4.99 Å². The Hall–Kier alpha value is -3.36. The smallest absolute Gasteiger partial charge is 0.371 e. The lowest BCUT2D eigenvalue weighted by molar-refractivity contribution is -0.268. The van der Waals surface area contributed by atoms with Crippen molar-refractivity contribution in [1.29, 1.82) is 0 Å². The van der Waals surface area contributed by atoms with Crippen molar-refractivity contribution in [2.45, 2.75) is 50.8 Å². The van der Waals surface area contributed by atoms with Gasteiger partial charge in [-0.2, -0.15) is 0 Å². The van der Waals surface area contributed by atoms with Crippen LogP contribution in [0, 0.1) is 0 Å². The Morgan fingerprint density at radius 3 is 1.78 bits per heavy atom. The number of cyclic esters (lactones) is 1. The number of hydrogen-bond acceptors (Lipinski definition) is 7. The van der Waals surface area contributed by atoms with Crippen LogP contribution in [0.5, 0.6) is 0 Å². The van der Waals surface area contributed by atoms with Gasteiger partial charge in [0, 0.05) is 6.92 Å². The summed E-state index contributed by atoms with van der Waals surface area (Å²) < 4.78 is 30.5. The average molecular weight is 488 g/mol. The summed E-state index contributed by atoms with van der Waals surface area (Å²) in [5, 5.41) is 0. The second kappa shape index (κ2) is 11.1. The zero-order valence-electron chi connectivity index (χ0n) is 20.1. The summed E-state index contributed by atoms with van der Waals surface area (Å²) >= 11 is 0. The van der Waals surface area contributed by atoms with Crippen molar-refractivity contribution in [3.05, 3.63) is 108 Å². The molecular weight excluding hydrogens is 458 g/mol. The van der Waals surface area contributed by atoms with Gasteiger partial charge in [0.25, 0.3) is 5.72 Å². The first-order valence-corrected chi connectivity index (χ1v) is 12.0. The van der Waals surface area contributed by atoms with Crippen molar-refractivity contribution >= 4 is 11.9 Å². The second-order valence-corrected chi connectivity index (χ2v) is 8.84. The van der Waals surface area contributed by atoms with Crippen LogP contribution in [0.3, 0.4) is 0 Å². The van der Waals surface area contributed by atoms with Crippen LogP contribution in [0.15, 0.2) is 96.0 Å². The van der Waals surface area contributed by atoms with Crippen molar-refractivity contribution in [1.82, 2.24) is 0 Å². The van der Waals surface area contributed by atoms with E-state index in [1.54, 1.807) is 6.92 Å². The number of esters is 1. The summed E-state index contributed by atoms with van der Waals surface area (Å²) in [7, 11) is 0. The van der Waals surface area contributed by atoms with Crippen molar-refractivity contribution in [3.63, 3.8) is 0 Å². The number of carbonyl (C=O) groups excluding carboxylic acids is 1. The topological polar surface area (TPSA) is 75.6 Å². The lowest BCUT2D eigenvalue weighted by Gasteiger charge is -2.44. The normalized spacial score (nSPS) is 25.5. The van der Waals surface area contributed by atoms with E-state index in [9.17, 15) is 4.79 Å². The van der Waals surface area contributed by atoms with Gasteiger partial charge in [-0.05, 0) is 16.7 Å². The number of carbonyl (C=O) groups is 1. The summed E-state index contributed by atoms with van der Waals surface area (Å²) in [4.78, 5) is 17.5. The fourth-order valence-electron chi connectivity index (χ4n) is 4.43. The third kappa shape index (κ3) is 5.39. The number of benzene rings is 3. The molecule has 0 amide bonds. The van der Waals surface area contributed by atoms with Gasteiger partial charge in [-0.25, -0.2) is 9.79 Å². The van der Waals surface area contributed by atoms with Crippen LogP contribution in [0.4, 0.5) is 0 Å². The highest BCUT2D eigenvalue weighted by atomic mass is 16.7. The minimum atomic E-state index is -1.65. The highest BCUT2D eigenvalue weighted by Crippen LogP contribution is 2.38. The van der Waals surface area contributed by atoms with Crippen LogP contribution in [0.25, 0.3) is 0 Å². The van der Waals surface area contributed by atoms with Gasteiger partial charge in [-0.1, -0.05) is 91.0 Å². The molecule has 0 saturated carbocycles. The number of aliphatic imine (C=N–C) groups is 1. The maximum absolute atomic E-state index is 13.1. The monoisotopic (exact) mass is 487 g/mol. The summed E-state index contributed by atoms with van der Waals surface area (Å²) in [5.74, 6) is -0.369. The molecule has 2 heterocycles. The second-order valence-electron chi connectivity index (χ2n) is 8.84. The summed E-state index contributed by atoms with van der Waals surface area (Å²) in [5.41, 5.74) is 1.33. The van der Waals surface area contributed by atoms with Gasteiger partial charge in [0.05, 0.1) is 26.4 Å². The van der Waals surface area contributed by atoms with Crippen molar-refractivity contribution in [2.75, 3.05) is 6.61 Å². The molecule has 0 N–H and O–H groups in total. The van der Waals surface area contributed by atoms with E-state index in [0.29, 0.717) is 13.2 Å². The number of rotatable bonds is 9. The van der Waals surface area contributed by atoms with E-state index in [4.69, 9.17) is 23.7 Å². The lowest BCUT2D eigenvalue weighted by Crippen LogP contribution is -2.64. The highest BCUT2D eigenvalue weighted by Gasteiger charge is 2.61. The number of nitrogens with zero attached hydrogens (tertiary/aromatic N) is 1. The molecule has 7 nitrogen and oxygen atoms in total. The Morgan fingerprint density at radius 2 is 1.28 bits per heavy atom. The van der Waals surface area contributed by atoms with Gasteiger partial charge in [0.1, 0.15) is 18.3 Å². The average Bonchev–Trinajstić information content (AvgIpc) is 3.20. The van der Waals surface area contributed by atoms with Crippen LogP contribution in [0.1, 0.15) is 23.6 Å². The molecule has 4 atom stereocenters. The molecule has 0 aliphatic carbocycles. The van der Waals surface area contributed by atoms with Gasteiger partial charge < -0.3 is 23.7 Å². The summed E-state index contributed by atoms with van der Waals surface area (Å²) in [6.07, 6.45) is -2.03. The molecular formula is C29H29NO6. The van der Waals surface area contributed by atoms with E-state index in [2.05, 4.69) is 4.99 Å². The molecule has 0 aromatic heterocycles. The minimum Gasteiger partial charge on any atom is -0.408 e. The molecule has 1 fully saturated rings. The molecule has 2 aliphatic heterocycles. The first kappa shape index (κ1) is 24.3. The van der Waals surface area contributed by atoms with Crippen molar-refractivity contribution in [3.8, 4) is 0 Å². The summed E-state index contributed by atoms with van der Waals surface area (Å²) in [6.45, 7) is 2.65. The molecule has 3 aromatic carbocycles. The van der Waals surface area contributed by atoms with E-state index in [1.807, 2.05) is 91.0 Å². The van der Waals surface area contributed by atoms with Crippen LogP contribution in [0.2, 0.25) is 0 Å². The molecule has 3 aromatic rings. The minimum absolute atomic E-state index is 0.101. The lowest BCUT2D eigenvalue weighted by atomic mass is 9.94. The maximum Gasteiger partial charge on any atom is 0.371 e. The molecule has 36 heavy (non-hydrogen) atoms. The Morgan fingerprint density at radius 1 is 0.778 bits per heavy atom. The largest absolute Gasteiger partial charge is 0.408 e. The fourth-order valence-corrected chi connectivity index (χ4v) is 4.43. The Balaban J connectivity index is 1.43. The molecule has 7 heteroatoms. The SMILES string of the molecule is CC1=N[C@@]2(OC[C@@H](OCc3ccccc3)[C@@H](OCc3ccccc3)[C@@H]2OCc2ccccc2)C(=O)O1. The molecule has 0 unspecified atom stereocenters. The summed E-state index contributed by atoms with van der Waals surface area (Å²) in [6, 6.07) is 29.5. The number of ether oxygens (including phenoxy) is 5. The Bertz CT molecular complexity index is 1170. The van der Waals surface area contributed by atoms with Crippen LogP contribution < -0.4 is 0 Å². The van der Waals surface area contributed by atoms with E-state index in [0.717, 1.165) is 16.7 Å². The number of hydrogen-bond donors (Lipinski definition) is 0. The van der Waals surface area contributed by atoms with Crippen LogP contribution in [-0.2, 0) is 48.3 Å². The molecule has 186 valence electrons. The Kier molecular flexibility index (Phi) is 7.53. The molecule has 0 bridgehead atoms. The van der Waals surface area contributed by atoms with E-state index in [1.165, 1.54) is 0 Å². The first-order valence-electron chi connectivity index (χ1n) is 12.0. The van der Waals surface area contributed by atoms with Crippen LogP contribution in [-0.4, -0.2) is 42.5 Å². The molecule has 5 rings (SSSR count). The molecule has 2 aliphatic rings. The van der Waals surface area contributed by atoms with Gasteiger partial charge >= 0.3 is 5.97 Å². The van der Waals surface area contributed by atoms with E-state index in [-0.39, 0.29) is 19.1 Å². The fraction of sp³-hybridized carbons (Fsp3) is 0.310. The molecule has 1 saturated heterocycles. The van der Waals surface area contributed by atoms with Crippen molar-refractivity contribution < 1.29 is 28.5 Å². The predicted molar refractivity (Wildman–Crippen MR) is 133 cm³/mol. The van der Waals surface area contributed by atoms with Crippen LogP contribution >= 0.6 is 0 Å². The first-order chi connectivity index (χ1) is 17.6. The zero-order chi connectivity index (χ0) is 24.8. The third-order valence-electron chi connectivity index (χ3n) is 6.24. The maximum atomic E-state index is 13.1. The molecule has 1 spiro atoms. The predicted octanol–water partition coefficient (Wildman–Crippen LogP) is 4.44. The molecule has 0 radical (unpaired) electrons. The van der Waals surface area contributed by atoms with E-state index >= 15 is 0 Å². The van der Waals surface area contributed by atoms with Gasteiger partial charge in [-0.3, -0.25) is 0 Å². The standard InChI is InChI=1S/C29H29NO6/c1-21-30-29(28(31)36-21)27(34-19-24-15-9-4-10-16-24)26(33-18-23-13-7-3-8-14-23)25(20-35-29)32-17-22-11-5-2-6-12-22/h2-16,25-27H,17-20H2,1H3/t25-,26-,27+,29+/m1/s1.